The number of nitrogens with one attached hydrogen (secondary N) is 1. The van der Waals surface area contributed by atoms with Crippen LogP contribution in [0.4, 0.5) is 29.2 Å². The number of carbonyl (C=O) groups is 1. The number of anilines is 2. The molecule has 1 aromatic carbocycles. The highest BCUT2D eigenvalue weighted by Crippen LogP contribution is 2.34. The lowest BCUT2D eigenvalue weighted by Gasteiger charge is -2.32. The first-order valence-corrected chi connectivity index (χ1v) is 9.82. The zero-order valence-corrected chi connectivity index (χ0v) is 17.9. The summed E-state index contributed by atoms with van der Waals surface area (Å²) >= 11 is 0. The largest absolute Gasteiger partial charge is 0.434 e. The van der Waals surface area contributed by atoms with Crippen LogP contribution in [0.3, 0.4) is 0 Å². The van der Waals surface area contributed by atoms with E-state index >= 15 is 0 Å². The van der Waals surface area contributed by atoms with Crippen LogP contribution in [-0.4, -0.2) is 37.7 Å². The van der Waals surface area contributed by atoms with Gasteiger partial charge in [0.15, 0.2) is 5.69 Å². The van der Waals surface area contributed by atoms with Crippen molar-refractivity contribution < 1.29 is 22.4 Å². The Balaban J connectivity index is 1.90. The predicted octanol–water partition coefficient (Wildman–Crippen LogP) is 4.70. The zero-order valence-electron chi connectivity index (χ0n) is 17.9. The average molecular weight is 450 g/mol. The number of carbonyl (C=O) groups excluding carboxylic acids is 1. The van der Waals surface area contributed by atoms with Gasteiger partial charge in [0, 0.05) is 12.1 Å². The zero-order chi connectivity index (χ0) is 23.6. The van der Waals surface area contributed by atoms with Crippen molar-refractivity contribution in [1.82, 2.24) is 19.7 Å². The Morgan fingerprint density at radius 1 is 1.06 bits per heavy atom. The summed E-state index contributed by atoms with van der Waals surface area (Å²) < 4.78 is 55.2. The Bertz CT molecular complexity index is 1080. The fourth-order valence-corrected chi connectivity index (χ4v) is 3.47. The van der Waals surface area contributed by atoms with Crippen LogP contribution >= 0.6 is 0 Å². The summed E-state index contributed by atoms with van der Waals surface area (Å²) in [6.07, 6.45) is -1.17. The molecule has 0 bridgehead atoms. The van der Waals surface area contributed by atoms with Crippen LogP contribution in [0.15, 0.2) is 42.9 Å². The number of benzene rings is 1. The van der Waals surface area contributed by atoms with Crippen LogP contribution in [-0.2, 0) is 6.18 Å². The molecule has 0 aliphatic heterocycles. The topological polar surface area (TPSA) is 75.9 Å². The Hall–Kier alpha value is -3.50. The Morgan fingerprint density at radius 3 is 2.22 bits per heavy atom. The molecular formula is C21H22F4N6O. The first-order valence-electron chi connectivity index (χ1n) is 9.82. The molecule has 0 spiro atoms. The van der Waals surface area contributed by atoms with Gasteiger partial charge in [0.1, 0.15) is 5.82 Å². The standard InChI is InChI=1S/C21H22F4N6O/c1-12(2)30(13(3)4)16-9-26-20(27-10-16)29-19(32)17-11-28-31(18(17)21(23,24)25)15-7-5-6-14(22)8-15/h5-13H,1-4H3,(H,26,27,29,32). The molecule has 7 nitrogen and oxygen atoms in total. The number of amides is 1. The third kappa shape index (κ3) is 4.87. The summed E-state index contributed by atoms with van der Waals surface area (Å²) in [4.78, 5) is 22.8. The van der Waals surface area contributed by atoms with Crippen molar-refractivity contribution in [2.24, 2.45) is 0 Å². The number of hydrogen-bond acceptors (Lipinski definition) is 5. The normalized spacial score (nSPS) is 11.8. The number of hydrogen-bond donors (Lipinski definition) is 1. The lowest BCUT2D eigenvalue weighted by Crippen LogP contribution is -2.37. The monoisotopic (exact) mass is 450 g/mol. The molecule has 0 aliphatic rings. The summed E-state index contributed by atoms with van der Waals surface area (Å²) in [5.41, 5.74) is -1.52. The summed E-state index contributed by atoms with van der Waals surface area (Å²) in [7, 11) is 0. The molecule has 1 N–H and O–H groups in total. The molecule has 1 amide bonds. The van der Waals surface area contributed by atoms with Gasteiger partial charge in [-0.05, 0) is 45.9 Å². The molecule has 2 heterocycles. The molecule has 0 fully saturated rings. The second-order valence-corrected chi connectivity index (χ2v) is 7.61. The number of halogens is 4. The maximum absolute atomic E-state index is 13.7. The van der Waals surface area contributed by atoms with Crippen LogP contribution in [0.25, 0.3) is 5.69 Å². The minimum absolute atomic E-state index is 0.155. The maximum Gasteiger partial charge on any atom is 0.434 e. The van der Waals surface area contributed by atoms with E-state index in [1.807, 2.05) is 27.7 Å². The average Bonchev–Trinajstić information content (AvgIpc) is 3.15. The lowest BCUT2D eigenvalue weighted by molar-refractivity contribution is -0.143. The van der Waals surface area contributed by atoms with Crippen molar-refractivity contribution in [3.05, 3.63) is 59.9 Å². The van der Waals surface area contributed by atoms with E-state index in [-0.39, 0.29) is 23.7 Å². The second kappa shape index (κ2) is 8.93. The molecule has 3 rings (SSSR count). The summed E-state index contributed by atoms with van der Waals surface area (Å²) in [5.74, 6) is -1.97. The Kier molecular flexibility index (Phi) is 6.47. The predicted molar refractivity (Wildman–Crippen MR) is 111 cm³/mol. The van der Waals surface area contributed by atoms with Gasteiger partial charge in [0.05, 0.1) is 35.5 Å². The minimum atomic E-state index is -4.92. The van der Waals surface area contributed by atoms with Crippen LogP contribution in [0.5, 0.6) is 0 Å². The first-order chi connectivity index (χ1) is 15.0. The van der Waals surface area contributed by atoms with E-state index in [4.69, 9.17) is 0 Å². The molecule has 3 aromatic rings. The van der Waals surface area contributed by atoms with Crippen molar-refractivity contribution in [2.75, 3.05) is 10.2 Å². The summed E-state index contributed by atoms with van der Waals surface area (Å²) in [6.45, 7) is 8.02. The minimum Gasteiger partial charge on any atom is -0.364 e. The van der Waals surface area contributed by atoms with Gasteiger partial charge in [0.25, 0.3) is 5.91 Å². The molecule has 0 aliphatic carbocycles. The van der Waals surface area contributed by atoms with E-state index in [0.717, 1.165) is 18.3 Å². The van der Waals surface area contributed by atoms with Crippen LogP contribution < -0.4 is 10.2 Å². The molecule has 11 heteroatoms. The van der Waals surface area contributed by atoms with Gasteiger partial charge in [-0.2, -0.15) is 18.3 Å². The molecule has 0 saturated carbocycles. The molecule has 0 atom stereocenters. The van der Waals surface area contributed by atoms with Crippen molar-refractivity contribution in [1.29, 1.82) is 0 Å². The van der Waals surface area contributed by atoms with Gasteiger partial charge < -0.3 is 4.90 Å². The van der Waals surface area contributed by atoms with E-state index < -0.39 is 29.2 Å². The number of rotatable bonds is 6. The highest BCUT2D eigenvalue weighted by atomic mass is 19.4. The van der Waals surface area contributed by atoms with Crippen LogP contribution in [0.1, 0.15) is 43.7 Å². The molecule has 32 heavy (non-hydrogen) atoms. The highest BCUT2D eigenvalue weighted by molar-refractivity contribution is 6.04. The van der Waals surface area contributed by atoms with Crippen LogP contribution in [0, 0.1) is 5.82 Å². The third-order valence-electron chi connectivity index (χ3n) is 4.61. The molecule has 0 unspecified atom stereocenters. The van der Waals surface area contributed by atoms with Gasteiger partial charge in [-0.15, -0.1) is 0 Å². The van der Waals surface area contributed by atoms with Crippen LogP contribution in [0.2, 0.25) is 0 Å². The fourth-order valence-electron chi connectivity index (χ4n) is 3.47. The smallest absolute Gasteiger partial charge is 0.364 e. The maximum atomic E-state index is 13.7. The lowest BCUT2D eigenvalue weighted by atomic mass is 10.2. The van der Waals surface area contributed by atoms with Gasteiger partial charge >= 0.3 is 6.18 Å². The van der Waals surface area contributed by atoms with Gasteiger partial charge in [-0.3, -0.25) is 10.1 Å². The molecule has 2 aromatic heterocycles. The van der Waals surface area contributed by atoms with Crippen molar-refractivity contribution in [3.8, 4) is 5.69 Å². The van der Waals surface area contributed by atoms with Crippen molar-refractivity contribution >= 4 is 17.5 Å². The Morgan fingerprint density at radius 2 is 1.69 bits per heavy atom. The van der Waals surface area contributed by atoms with Gasteiger partial charge in [-0.1, -0.05) is 6.07 Å². The van der Waals surface area contributed by atoms with Crippen molar-refractivity contribution in [2.45, 2.75) is 46.0 Å². The molecule has 0 radical (unpaired) electrons. The first kappa shape index (κ1) is 23.2. The van der Waals surface area contributed by atoms with E-state index in [9.17, 15) is 22.4 Å². The number of alkyl halides is 3. The quantitative estimate of drug-likeness (QED) is 0.551. The van der Waals surface area contributed by atoms with E-state index in [0.29, 0.717) is 10.4 Å². The highest BCUT2D eigenvalue weighted by Gasteiger charge is 2.40. The number of nitrogens with zero attached hydrogens (tertiary/aromatic N) is 5. The van der Waals surface area contributed by atoms with Crippen molar-refractivity contribution in [3.63, 3.8) is 0 Å². The van der Waals surface area contributed by atoms with E-state index in [1.54, 1.807) is 0 Å². The molecule has 0 saturated heterocycles. The van der Waals surface area contributed by atoms with Gasteiger partial charge in [0.2, 0.25) is 5.95 Å². The fraction of sp³-hybridized carbons (Fsp3) is 0.333. The third-order valence-corrected chi connectivity index (χ3v) is 4.61. The van der Waals surface area contributed by atoms with Gasteiger partial charge in [-0.25, -0.2) is 19.0 Å². The Labute approximate surface area is 182 Å². The van der Waals surface area contributed by atoms with E-state index in [2.05, 4.69) is 25.3 Å². The number of aromatic nitrogens is 4. The van der Waals surface area contributed by atoms with E-state index in [1.165, 1.54) is 24.5 Å². The second-order valence-electron chi connectivity index (χ2n) is 7.61. The molecule has 170 valence electrons. The SMILES string of the molecule is CC(C)N(c1cnc(NC(=O)c2cnn(-c3cccc(F)c3)c2C(F)(F)F)nc1)C(C)C. The molecular weight excluding hydrogens is 428 g/mol. The summed E-state index contributed by atoms with van der Waals surface area (Å²) in [5, 5.41) is 5.92. The summed E-state index contributed by atoms with van der Waals surface area (Å²) in [6, 6.07) is 4.82.